The van der Waals surface area contributed by atoms with E-state index in [0.29, 0.717) is 11.0 Å². The molecule has 0 radical (unpaired) electrons. The molecule has 0 aliphatic carbocycles. The predicted octanol–water partition coefficient (Wildman–Crippen LogP) is 3.50. The van der Waals surface area contributed by atoms with Crippen molar-refractivity contribution in [2.75, 3.05) is 7.05 Å². The number of thiocarbonyl (C=S) groups is 1. The highest BCUT2D eigenvalue weighted by Crippen LogP contribution is 2.16. The van der Waals surface area contributed by atoms with Crippen molar-refractivity contribution in [2.24, 2.45) is 11.7 Å². The fraction of sp³-hybridized carbons (Fsp3) is 0.562. The van der Waals surface area contributed by atoms with Crippen LogP contribution in [-0.2, 0) is 6.54 Å². The molecule has 1 aromatic rings. The van der Waals surface area contributed by atoms with Crippen LogP contribution in [0.2, 0.25) is 0 Å². The topological polar surface area (TPSA) is 29.3 Å². The number of hydrogen-bond acceptors (Lipinski definition) is 2. The molecule has 0 heterocycles. The molecule has 0 bridgehead atoms. The van der Waals surface area contributed by atoms with Crippen LogP contribution in [-0.4, -0.2) is 23.0 Å². The van der Waals surface area contributed by atoms with Crippen molar-refractivity contribution in [1.82, 2.24) is 4.90 Å². The Bertz CT molecular complexity index is 440. The van der Waals surface area contributed by atoms with E-state index in [9.17, 15) is 0 Å². The molecule has 3 heteroatoms. The van der Waals surface area contributed by atoms with Gasteiger partial charge in [-0.15, -0.1) is 0 Å². The monoisotopic (exact) mass is 278 g/mol. The maximum absolute atomic E-state index is 5.66. The lowest BCUT2D eigenvalue weighted by atomic mass is 10.0. The summed E-state index contributed by atoms with van der Waals surface area (Å²) >= 11 is 5.01. The number of rotatable bonds is 6. The molecule has 19 heavy (non-hydrogen) atoms. The van der Waals surface area contributed by atoms with E-state index in [1.165, 1.54) is 17.5 Å². The third-order valence-corrected chi connectivity index (χ3v) is 3.85. The van der Waals surface area contributed by atoms with Crippen molar-refractivity contribution in [2.45, 2.75) is 46.7 Å². The highest BCUT2D eigenvalue weighted by Gasteiger charge is 2.12. The predicted molar refractivity (Wildman–Crippen MR) is 87.5 cm³/mol. The maximum atomic E-state index is 5.66. The molecular weight excluding hydrogens is 252 g/mol. The Morgan fingerprint density at radius 1 is 1.32 bits per heavy atom. The quantitative estimate of drug-likeness (QED) is 0.808. The van der Waals surface area contributed by atoms with Crippen molar-refractivity contribution in [3.05, 3.63) is 34.9 Å². The van der Waals surface area contributed by atoms with E-state index in [4.69, 9.17) is 18.0 Å². The maximum Gasteiger partial charge on any atom is 0.103 e. The first kappa shape index (κ1) is 16.1. The zero-order valence-corrected chi connectivity index (χ0v) is 13.6. The molecule has 0 spiro atoms. The Hall–Kier alpha value is -0.930. The molecule has 2 nitrogen and oxygen atoms in total. The van der Waals surface area contributed by atoms with Gasteiger partial charge in [-0.2, -0.15) is 0 Å². The van der Waals surface area contributed by atoms with Gasteiger partial charge < -0.3 is 5.73 Å². The van der Waals surface area contributed by atoms with Crippen LogP contribution < -0.4 is 5.73 Å². The van der Waals surface area contributed by atoms with Crippen molar-refractivity contribution in [3.8, 4) is 0 Å². The zero-order valence-electron chi connectivity index (χ0n) is 12.7. The van der Waals surface area contributed by atoms with Crippen LogP contribution in [0.1, 0.15) is 43.9 Å². The normalized spacial score (nSPS) is 13.0. The number of benzene rings is 1. The Balaban J connectivity index is 2.74. The van der Waals surface area contributed by atoms with E-state index in [1.54, 1.807) is 0 Å². The van der Waals surface area contributed by atoms with Gasteiger partial charge in [0.25, 0.3) is 0 Å². The van der Waals surface area contributed by atoms with E-state index in [-0.39, 0.29) is 0 Å². The molecule has 1 atom stereocenters. The van der Waals surface area contributed by atoms with Gasteiger partial charge in [-0.05, 0) is 50.4 Å². The van der Waals surface area contributed by atoms with Gasteiger partial charge >= 0.3 is 0 Å². The summed E-state index contributed by atoms with van der Waals surface area (Å²) in [5, 5.41) is 0. The second-order valence-corrected chi connectivity index (χ2v) is 6.34. The van der Waals surface area contributed by atoms with E-state index in [0.717, 1.165) is 18.0 Å². The average molecular weight is 278 g/mol. The summed E-state index contributed by atoms with van der Waals surface area (Å²) in [4.78, 5) is 2.87. The lowest BCUT2D eigenvalue weighted by Gasteiger charge is -2.27. The smallest absolute Gasteiger partial charge is 0.103 e. The highest BCUT2D eigenvalue weighted by atomic mass is 32.1. The molecule has 1 aromatic carbocycles. The van der Waals surface area contributed by atoms with Gasteiger partial charge in [0.15, 0.2) is 0 Å². The molecule has 106 valence electrons. The van der Waals surface area contributed by atoms with Crippen molar-refractivity contribution in [1.29, 1.82) is 0 Å². The first-order valence-corrected chi connectivity index (χ1v) is 7.31. The van der Waals surface area contributed by atoms with Crippen molar-refractivity contribution in [3.63, 3.8) is 0 Å². The lowest BCUT2D eigenvalue weighted by molar-refractivity contribution is 0.220. The van der Waals surface area contributed by atoms with Crippen LogP contribution in [0.4, 0.5) is 0 Å². The van der Waals surface area contributed by atoms with Gasteiger partial charge in [0.1, 0.15) is 4.99 Å². The summed E-state index contributed by atoms with van der Waals surface area (Å²) in [6.45, 7) is 9.92. The summed E-state index contributed by atoms with van der Waals surface area (Å²) < 4.78 is 0. The van der Waals surface area contributed by atoms with Gasteiger partial charge in [0.05, 0.1) is 0 Å². The molecule has 1 rings (SSSR count). The minimum Gasteiger partial charge on any atom is -0.389 e. The number of hydrogen-bond donors (Lipinski definition) is 1. The first-order chi connectivity index (χ1) is 8.81. The van der Waals surface area contributed by atoms with E-state index < -0.39 is 0 Å². The number of nitrogens with two attached hydrogens (primary N) is 1. The van der Waals surface area contributed by atoms with E-state index in [1.807, 2.05) is 6.07 Å². The second kappa shape index (κ2) is 7.01. The Morgan fingerprint density at radius 3 is 2.42 bits per heavy atom. The van der Waals surface area contributed by atoms with Crippen LogP contribution in [0.3, 0.4) is 0 Å². The molecule has 0 aromatic heterocycles. The third kappa shape index (κ3) is 4.92. The second-order valence-electron chi connectivity index (χ2n) is 5.90. The molecule has 1 unspecified atom stereocenters. The van der Waals surface area contributed by atoms with Gasteiger partial charge in [-0.3, -0.25) is 4.90 Å². The van der Waals surface area contributed by atoms with Gasteiger partial charge in [0, 0.05) is 18.2 Å². The molecule has 0 amide bonds. The number of aryl methyl sites for hydroxylation is 1. The van der Waals surface area contributed by atoms with Crippen LogP contribution in [0.5, 0.6) is 0 Å². The SMILES string of the molecule is Cc1cc(C(N)=S)ccc1CN(C)C(C)CC(C)C. The van der Waals surface area contributed by atoms with Gasteiger partial charge in [0.2, 0.25) is 0 Å². The third-order valence-electron chi connectivity index (χ3n) is 3.61. The van der Waals surface area contributed by atoms with Crippen molar-refractivity contribution >= 4 is 17.2 Å². The summed E-state index contributed by atoms with van der Waals surface area (Å²) in [5.74, 6) is 0.732. The van der Waals surface area contributed by atoms with Crippen LogP contribution in [0, 0.1) is 12.8 Å². The van der Waals surface area contributed by atoms with Crippen LogP contribution >= 0.6 is 12.2 Å². The standard InChI is InChI=1S/C16H26N2S/c1-11(2)8-13(4)18(5)10-15-7-6-14(16(17)19)9-12(15)3/h6-7,9,11,13H,8,10H2,1-5H3,(H2,17,19). The number of nitrogens with zero attached hydrogens (tertiary/aromatic N) is 1. The molecule has 0 fully saturated rings. The molecule has 0 saturated carbocycles. The first-order valence-electron chi connectivity index (χ1n) is 6.90. The summed E-state index contributed by atoms with van der Waals surface area (Å²) in [7, 11) is 2.19. The Morgan fingerprint density at radius 2 is 1.95 bits per heavy atom. The fourth-order valence-electron chi connectivity index (χ4n) is 2.31. The molecular formula is C16H26N2S. The van der Waals surface area contributed by atoms with Crippen LogP contribution in [0.15, 0.2) is 18.2 Å². The minimum atomic E-state index is 0.469. The molecule has 0 aliphatic heterocycles. The Kier molecular flexibility index (Phi) is 5.95. The highest BCUT2D eigenvalue weighted by molar-refractivity contribution is 7.80. The van der Waals surface area contributed by atoms with Crippen LogP contribution in [0.25, 0.3) is 0 Å². The van der Waals surface area contributed by atoms with E-state index >= 15 is 0 Å². The van der Waals surface area contributed by atoms with E-state index in [2.05, 4.69) is 51.8 Å². The summed E-state index contributed by atoms with van der Waals surface area (Å²) in [6.07, 6.45) is 1.22. The molecule has 0 saturated heterocycles. The van der Waals surface area contributed by atoms with Gasteiger partial charge in [-0.1, -0.05) is 38.2 Å². The van der Waals surface area contributed by atoms with Gasteiger partial charge in [-0.25, -0.2) is 0 Å². The summed E-state index contributed by atoms with van der Waals surface area (Å²) in [6, 6.07) is 6.83. The minimum absolute atomic E-state index is 0.469. The largest absolute Gasteiger partial charge is 0.389 e. The Labute approximate surface area is 123 Å². The summed E-state index contributed by atoms with van der Waals surface area (Å²) in [5.41, 5.74) is 9.21. The van der Waals surface area contributed by atoms with Crippen molar-refractivity contribution < 1.29 is 0 Å². The zero-order chi connectivity index (χ0) is 14.6. The average Bonchev–Trinajstić information content (AvgIpc) is 2.30. The molecule has 2 N–H and O–H groups in total. The lowest BCUT2D eigenvalue weighted by Crippen LogP contribution is -2.30. The molecule has 0 aliphatic rings. The fourth-order valence-corrected chi connectivity index (χ4v) is 2.44.